The van der Waals surface area contributed by atoms with Gasteiger partial charge in [0.25, 0.3) is 0 Å². The zero-order valence-corrected chi connectivity index (χ0v) is 16.3. The fraction of sp³-hybridized carbons (Fsp3) is 0.318. The van der Waals surface area contributed by atoms with Gasteiger partial charge in [0, 0.05) is 10.9 Å². The monoisotopic (exact) mass is 382 g/mol. The third-order valence-electron chi connectivity index (χ3n) is 5.63. The molecule has 0 aliphatic carbocycles. The van der Waals surface area contributed by atoms with Crippen LogP contribution >= 0.6 is 11.6 Å². The van der Waals surface area contributed by atoms with E-state index in [2.05, 4.69) is 41.2 Å². The molecular formula is C22H23ClN2O2. The predicted octanol–water partition coefficient (Wildman–Crippen LogP) is 5.21. The van der Waals surface area contributed by atoms with E-state index in [9.17, 15) is 9.90 Å². The highest BCUT2D eigenvalue weighted by molar-refractivity contribution is 6.34. The van der Waals surface area contributed by atoms with Gasteiger partial charge in [0.1, 0.15) is 0 Å². The smallest absolute Gasteiger partial charge is 0.200 e. The number of hydrogen-bond acceptors (Lipinski definition) is 3. The summed E-state index contributed by atoms with van der Waals surface area (Å²) in [5.74, 6) is 0.326. The number of piperidine rings is 1. The summed E-state index contributed by atoms with van der Waals surface area (Å²) in [7, 11) is 2.17. The molecule has 4 rings (SSSR count). The first-order valence-corrected chi connectivity index (χ1v) is 9.66. The molecule has 5 heteroatoms. The minimum atomic E-state index is -0.176. The summed E-state index contributed by atoms with van der Waals surface area (Å²) >= 11 is 6.49. The third-order valence-corrected chi connectivity index (χ3v) is 5.94. The number of nitrogens with one attached hydrogen (secondary N) is 1. The van der Waals surface area contributed by atoms with E-state index in [0.717, 1.165) is 24.2 Å². The Balaban J connectivity index is 1.70. The fourth-order valence-electron chi connectivity index (χ4n) is 4.06. The standard InChI is InChI=1S/C22H23ClN2O2/c1-13(26)21-18-11-17(19(23)12-20(18)24-22(21)27)16-5-3-14(4-6-16)15-7-9-25(2)10-8-15/h3-6,11-12,15,24,27H,7-10H2,1-2H3. The van der Waals surface area contributed by atoms with Crippen LogP contribution in [-0.4, -0.2) is 40.9 Å². The molecule has 0 saturated carbocycles. The van der Waals surface area contributed by atoms with Gasteiger partial charge in [-0.3, -0.25) is 4.79 Å². The SMILES string of the molecule is CC(=O)c1c(O)[nH]c2cc(Cl)c(-c3ccc(C4CCN(C)CC4)cc3)cc12. The highest BCUT2D eigenvalue weighted by Gasteiger charge is 2.20. The summed E-state index contributed by atoms with van der Waals surface area (Å²) in [4.78, 5) is 17.1. The summed E-state index contributed by atoms with van der Waals surface area (Å²) in [6.45, 7) is 3.73. The van der Waals surface area contributed by atoms with Gasteiger partial charge >= 0.3 is 0 Å². The first kappa shape index (κ1) is 18.1. The normalized spacial score (nSPS) is 16.1. The van der Waals surface area contributed by atoms with Crippen molar-refractivity contribution in [2.45, 2.75) is 25.7 Å². The Hall–Kier alpha value is -2.30. The van der Waals surface area contributed by atoms with Gasteiger partial charge in [0.05, 0.1) is 16.1 Å². The molecular weight excluding hydrogens is 360 g/mol. The van der Waals surface area contributed by atoms with Crippen LogP contribution < -0.4 is 0 Å². The van der Waals surface area contributed by atoms with E-state index in [0.29, 0.717) is 27.4 Å². The van der Waals surface area contributed by atoms with Gasteiger partial charge in [-0.15, -0.1) is 0 Å². The van der Waals surface area contributed by atoms with E-state index in [1.54, 1.807) is 6.07 Å². The van der Waals surface area contributed by atoms with Crippen molar-refractivity contribution in [2.24, 2.45) is 0 Å². The highest BCUT2D eigenvalue weighted by Crippen LogP contribution is 2.37. The average Bonchev–Trinajstić information content (AvgIpc) is 2.96. The van der Waals surface area contributed by atoms with E-state index in [1.165, 1.54) is 25.3 Å². The highest BCUT2D eigenvalue weighted by atomic mass is 35.5. The molecule has 1 aliphatic heterocycles. The second-order valence-corrected chi connectivity index (χ2v) is 7.89. The molecule has 4 nitrogen and oxygen atoms in total. The molecule has 1 saturated heterocycles. The van der Waals surface area contributed by atoms with Crippen LogP contribution in [0.15, 0.2) is 36.4 Å². The molecule has 0 radical (unpaired) electrons. The number of Topliss-reactive ketones (excluding diaryl/α,β-unsaturated/α-hetero) is 1. The largest absolute Gasteiger partial charge is 0.494 e. The maximum atomic E-state index is 11.9. The quantitative estimate of drug-likeness (QED) is 0.611. The molecule has 2 aromatic carbocycles. The summed E-state index contributed by atoms with van der Waals surface area (Å²) in [5.41, 5.74) is 4.21. The van der Waals surface area contributed by atoms with E-state index in [4.69, 9.17) is 11.6 Å². The first-order valence-electron chi connectivity index (χ1n) is 9.28. The van der Waals surface area contributed by atoms with Crippen molar-refractivity contribution in [2.75, 3.05) is 20.1 Å². The van der Waals surface area contributed by atoms with Crippen molar-refractivity contribution in [3.05, 3.63) is 52.5 Å². The number of likely N-dealkylation sites (tertiary alicyclic amines) is 1. The Morgan fingerprint density at radius 2 is 1.85 bits per heavy atom. The zero-order chi connectivity index (χ0) is 19.1. The summed E-state index contributed by atoms with van der Waals surface area (Å²) in [5, 5.41) is 11.3. The van der Waals surface area contributed by atoms with Crippen LogP contribution in [-0.2, 0) is 0 Å². The van der Waals surface area contributed by atoms with Gasteiger partial charge in [0.2, 0.25) is 5.88 Å². The second kappa shape index (κ2) is 7.02. The van der Waals surface area contributed by atoms with E-state index in [-0.39, 0.29) is 11.7 Å². The number of carbonyl (C=O) groups is 1. The summed E-state index contributed by atoms with van der Waals surface area (Å²) in [6, 6.07) is 12.2. The van der Waals surface area contributed by atoms with E-state index < -0.39 is 0 Å². The minimum Gasteiger partial charge on any atom is -0.494 e. The Bertz CT molecular complexity index is 999. The Morgan fingerprint density at radius 3 is 2.48 bits per heavy atom. The lowest BCUT2D eigenvalue weighted by molar-refractivity contribution is 0.101. The van der Waals surface area contributed by atoms with Crippen molar-refractivity contribution in [3.8, 4) is 17.0 Å². The Labute approximate surface area is 163 Å². The number of benzene rings is 2. The lowest BCUT2D eigenvalue weighted by Crippen LogP contribution is -2.29. The number of nitrogens with zero attached hydrogens (tertiary/aromatic N) is 1. The molecule has 3 aromatic rings. The zero-order valence-electron chi connectivity index (χ0n) is 15.6. The third kappa shape index (κ3) is 3.35. The molecule has 0 unspecified atom stereocenters. The lowest BCUT2D eigenvalue weighted by Gasteiger charge is -2.29. The topological polar surface area (TPSA) is 56.3 Å². The lowest BCUT2D eigenvalue weighted by atomic mass is 9.88. The molecule has 1 aliphatic rings. The van der Waals surface area contributed by atoms with Gasteiger partial charge in [-0.2, -0.15) is 0 Å². The molecule has 0 bridgehead atoms. The van der Waals surface area contributed by atoms with Gasteiger partial charge in [-0.05, 0) is 69.1 Å². The number of rotatable bonds is 3. The molecule has 0 atom stereocenters. The van der Waals surface area contributed by atoms with Crippen LogP contribution in [0.25, 0.3) is 22.0 Å². The van der Waals surface area contributed by atoms with Gasteiger partial charge in [-0.25, -0.2) is 0 Å². The Morgan fingerprint density at radius 1 is 1.19 bits per heavy atom. The number of H-pyrrole nitrogens is 1. The average molecular weight is 383 g/mol. The minimum absolute atomic E-state index is 0.108. The van der Waals surface area contributed by atoms with Crippen LogP contribution in [0.2, 0.25) is 5.02 Å². The first-order chi connectivity index (χ1) is 12.9. The molecule has 2 N–H and O–H groups in total. The number of hydrogen-bond donors (Lipinski definition) is 2. The van der Waals surface area contributed by atoms with Gasteiger partial charge in [0.15, 0.2) is 5.78 Å². The molecule has 140 valence electrons. The van der Waals surface area contributed by atoms with Crippen molar-refractivity contribution in [1.82, 2.24) is 9.88 Å². The molecule has 0 amide bonds. The fourth-order valence-corrected chi connectivity index (χ4v) is 4.33. The van der Waals surface area contributed by atoms with Crippen molar-refractivity contribution < 1.29 is 9.90 Å². The van der Waals surface area contributed by atoms with Crippen LogP contribution in [0.1, 0.15) is 41.6 Å². The number of halogens is 1. The number of aromatic hydroxyl groups is 1. The summed E-state index contributed by atoms with van der Waals surface area (Å²) < 4.78 is 0. The maximum absolute atomic E-state index is 11.9. The number of carbonyl (C=O) groups excluding carboxylic acids is 1. The molecule has 1 fully saturated rings. The van der Waals surface area contributed by atoms with Crippen LogP contribution in [0.5, 0.6) is 5.88 Å². The second-order valence-electron chi connectivity index (χ2n) is 7.48. The summed E-state index contributed by atoms with van der Waals surface area (Å²) in [6.07, 6.45) is 2.38. The van der Waals surface area contributed by atoms with Crippen LogP contribution in [0.4, 0.5) is 0 Å². The molecule has 2 heterocycles. The molecule has 0 spiro atoms. The number of fused-ring (bicyclic) bond motifs is 1. The molecule has 27 heavy (non-hydrogen) atoms. The maximum Gasteiger partial charge on any atom is 0.200 e. The van der Waals surface area contributed by atoms with E-state index in [1.807, 2.05) is 6.07 Å². The Kier molecular flexibility index (Phi) is 4.70. The van der Waals surface area contributed by atoms with Crippen LogP contribution in [0.3, 0.4) is 0 Å². The van der Waals surface area contributed by atoms with Crippen LogP contribution in [0, 0.1) is 0 Å². The number of ketones is 1. The van der Waals surface area contributed by atoms with Gasteiger partial charge in [-0.1, -0.05) is 35.9 Å². The molecule has 1 aromatic heterocycles. The van der Waals surface area contributed by atoms with Crippen molar-refractivity contribution in [1.29, 1.82) is 0 Å². The number of aromatic amines is 1. The van der Waals surface area contributed by atoms with E-state index >= 15 is 0 Å². The predicted molar refractivity (Wildman–Crippen MR) is 110 cm³/mol. The van der Waals surface area contributed by atoms with Crippen molar-refractivity contribution >= 4 is 28.3 Å². The van der Waals surface area contributed by atoms with Crippen molar-refractivity contribution in [3.63, 3.8) is 0 Å². The number of aromatic nitrogens is 1. The van der Waals surface area contributed by atoms with Gasteiger partial charge < -0.3 is 15.0 Å².